The first-order chi connectivity index (χ1) is 9.24. The summed E-state index contributed by atoms with van der Waals surface area (Å²) in [7, 11) is 0. The zero-order valence-corrected chi connectivity index (χ0v) is 11.6. The van der Waals surface area contributed by atoms with E-state index in [-0.39, 0.29) is 0 Å². The Bertz CT molecular complexity index is 504. The van der Waals surface area contributed by atoms with Gasteiger partial charge >= 0.3 is 0 Å². The molecule has 0 spiro atoms. The van der Waals surface area contributed by atoms with Gasteiger partial charge in [0.25, 0.3) is 0 Å². The van der Waals surface area contributed by atoms with Crippen molar-refractivity contribution in [2.75, 3.05) is 0 Å². The fourth-order valence-electron chi connectivity index (χ4n) is 1.96. The SMILES string of the molecule is CCCCc1ccc(-n2cc(C(O)CC)nn2)cc1. The van der Waals surface area contributed by atoms with E-state index in [4.69, 9.17) is 0 Å². The molecule has 4 heteroatoms. The molecule has 1 unspecified atom stereocenters. The van der Waals surface area contributed by atoms with E-state index < -0.39 is 6.10 Å². The second-order valence-corrected chi connectivity index (χ2v) is 4.78. The van der Waals surface area contributed by atoms with Gasteiger partial charge < -0.3 is 5.11 Å². The summed E-state index contributed by atoms with van der Waals surface area (Å²) in [6, 6.07) is 8.34. The molecule has 0 aliphatic rings. The third-order valence-electron chi connectivity index (χ3n) is 3.26. The molecule has 4 nitrogen and oxygen atoms in total. The summed E-state index contributed by atoms with van der Waals surface area (Å²) in [4.78, 5) is 0. The molecule has 2 aromatic rings. The second-order valence-electron chi connectivity index (χ2n) is 4.78. The van der Waals surface area contributed by atoms with Crippen molar-refractivity contribution >= 4 is 0 Å². The van der Waals surface area contributed by atoms with E-state index in [0.29, 0.717) is 12.1 Å². The molecule has 1 aromatic carbocycles. The molecule has 0 saturated carbocycles. The summed E-state index contributed by atoms with van der Waals surface area (Å²) in [6.45, 7) is 4.12. The quantitative estimate of drug-likeness (QED) is 0.867. The Balaban J connectivity index is 2.11. The molecule has 1 heterocycles. The fourth-order valence-corrected chi connectivity index (χ4v) is 1.96. The van der Waals surface area contributed by atoms with Gasteiger partial charge in [-0.1, -0.05) is 37.6 Å². The fraction of sp³-hybridized carbons (Fsp3) is 0.467. The molecular weight excluding hydrogens is 238 g/mol. The highest BCUT2D eigenvalue weighted by molar-refractivity contribution is 5.34. The second kappa shape index (κ2) is 6.48. The van der Waals surface area contributed by atoms with Crippen molar-refractivity contribution in [1.29, 1.82) is 0 Å². The smallest absolute Gasteiger partial charge is 0.112 e. The van der Waals surface area contributed by atoms with Crippen molar-refractivity contribution in [1.82, 2.24) is 15.0 Å². The highest BCUT2D eigenvalue weighted by Crippen LogP contribution is 2.15. The van der Waals surface area contributed by atoms with E-state index in [1.807, 2.05) is 19.1 Å². The molecule has 19 heavy (non-hydrogen) atoms. The van der Waals surface area contributed by atoms with Gasteiger partial charge in [-0.15, -0.1) is 5.10 Å². The number of nitrogens with zero attached hydrogens (tertiary/aromatic N) is 3. The number of hydrogen-bond donors (Lipinski definition) is 1. The van der Waals surface area contributed by atoms with Gasteiger partial charge in [0.1, 0.15) is 5.69 Å². The van der Waals surface area contributed by atoms with Crippen molar-refractivity contribution in [3.8, 4) is 5.69 Å². The van der Waals surface area contributed by atoms with Crippen LogP contribution in [0.3, 0.4) is 0 Å². The number of aliphatic hydroxyl groups is 1. The van der Waals surface area contributed by atoms with E-state index in [1.165, 1.54) is 18.4 Å². The van der Waals surface area contributed by atoms with E-state index >= 15 is 0 Å². The van der Waals surface area contributed by atoms with Crippen LogP contribution in [0.5, 0.6) is 0 Å². The van der Waals surface area contributed by atoms with E-state index in [1.54, 1.807) is 10.9 Å². The van der Waals surface area contributed by atoms with Crippen molar-refractivity contribution in [3.63, 3.8) is 0 Å². The molecule has 0 bridgehead atoms. The van der Waals surface area contributed by atoms with Crippen LogP contribution in [0.1, 0.15) is 50.5 Å². The van der Waals surface area contributed by atoms with E-state index in [0.717, 1.165) is 12.1 Å². The molecular formula is C15H21N3O. The number of rotatable bonds is 6. The minimum Gasteiger partial charge on any atom is -0.387 e. The van der Waals surface area contributed by atoms with Crippen molar-refractivity contribution in [2.24, 2.45) is 0 Å². The first kappa shape index (κ1) is 13.7. The minimum atomic E-state index is -0.530. The van der Waals surface area contributed by atoms with Gasteiger partial charge in [-0.3, -0.25) is 0 Å². The average Bonchev–Trinajstić information content (AvgIpc) is 2.94. The lowest BCUT2D eigenvalue weighted by molar-refractivity contribution is 0.169. The first-order valence-corrected chi connectivity index (χ1v) is 6.94. The predicted molar refractivity (Wildman–Crippen MR) is 75.2 cm³/mol. The number of unbranched alkanes of at least 4 members (excludes halogenated alkanes) is 1. The molecule has 0 fully saturated rings. The molecule has 1 atom stereocenters. The first-order valence-electron chi connectivity index (χ1n) is 6.94. The van der Waals surface area contributed by atoms with Crippen molar-refractivity contribution in [3.05, 3.63) is 41.7 Å². The van der Waals surface area contributed by atoms with Crippen LogP contribution in [0.25, 0.3) is 5.69 Å². The van der Waals surface area contributed by atoms with Crippen LogP contribution < -0.4 is 0 Å². The summed E-state index contributed by atoms with van der Waals surface area (Å²) in [5, 5.41) is 17.8. The summed E-state index contributed by atoms with van der Waals surface area (Å²) in [5.74, 6) is 0. The Morgan fingerprint density at radius 1 is 1.21 bits per heavy atom. The van der Waals surface area contributed by atoms with Gasteiger partial charge in [-0.2, -0.15) is 0 Å². The molecule has 0 aliphatic heterocycles. The molecule has 1 N–H and O–H groups in total. The number of aryl methyl sites for hydroxylation is 1. The Morgan fingerprint density at radius 2 is 1.95 bits per heavy atom. The largest absolute Gasteiger partial charge is 0.387 e. The summed E-state index contributed by atoms with van der Waals surface area (Å²) >= 11 is 0. The minimum absolute atomic E-state index is 0.530. The molecule has 1 aromatic heterocycles. The van der Waals surface area contributed by atoms with Gasteiger partial charge in [0.15, 0.2) is 0 Å². The summed E-state index contributed by atoms with van der Waals surface area (Å²) in [6.07, 6.45) is 5.45. The van der Waals surface area contributed by atoms with Gasteiger partial charge in [0.05, 0.1) is 18.0 Å². The molecule has 0 saturated heterocycles. The van der Waals surface area contributed by atoms with Crippen LogP contribution in [0, 0.1) is 0 Å². The van der Waals surface area contributed by atoms with Crippen LogP contribution in [0.2, 0.25) is 0 Å². The molecule has 0 radical (unpaired) electrons. The van der Waals surface area contributed by atoms with Crippen molar-refractivity contribution < 1.29 is 5.11 Å². The van der Waals surface area contributed by atoms with Crippen LogP contribution in [0.15, 0.2) is 30.5 Å². The zero-order chi connectivity index (χ0) is 13.7. The predicted octanol–water partition coefficient (Wildman–Crippen LogP) is 3.05. The lowest BCUT2D eigenvalue weighted by Gasteiger charge is -2.03. The molecule has 102 valence electrons. The van der Waals surface area contributed by atoms with E-state index in [9.17, 15) is 5.11 Å². The third-order valence-corrected chi connectivity index (χ3v) is 3.26. The van der Waals surface area contributed by atoms with Crippen LogP contribution >= 0.6 is 0 Å². The molecule has 2 rings (SSSR count). The number of hydrogen-bond acceptors (Lipinski definition) is 3. The monoisotopic (exact) mass is 259 g/mol. The highest BCUT2D eigenvalue weighted by atomic mass is 16.3. The number of aromatic nitrogens is 3. The van der Waals surface area contributed by atoms with Gasteiger partial charge in [0, 0.05) is 0 Å². The maximum absolute atomic E-state index is 9.71. The van der Waals surface area contributed by atoms with E-state index in [2.05, 4.69) is 29.4 Å². The molecule has 0 aliphatic carbocycles. The zero-order valence-electron chi connectivity index (χ0n) is 11.6. The highest BCUT2D eigenvalue weighted by Gasteiger charge is 2.10. The van der Waals surface area contributed by atoms with Crippen LogP contribution in [0.4, 0.5) is 0 Å². The van der Waals surface area contributed by atoms with Crippen molar-refractivity contribution in [2.45, 2.75) is 45.6 Å². The topological polar surface area (TPSA) is 50.9 Å². The maximum atomic E-state index is 9.71. The average molecular weight is 259 g/mol. The van der Waals surface area contributed by atoms with Crippen LogP contribution in [-0.2, 0) is 6.42 Å². The standard InChI is InChI=1S/C15H21N3O/c1-3-5-6-12-7-9-13(10-8-12)18-11-14(16-17-18)15(19)4-2/h7-11,15,19H,3-6H2,1-2H3. The lowest BCUT2D eigenvalue weighted by atomic mass is 10.1. The molecule has 0 amide bonds. The summed E-state index contributed by atoms with van der Waals surface area (Å²) in [5.41, 5.74) is 2.94. The Kier molecular flexibility index (Phi) is 4.68. The third kappa shape index (κ3) is 3.41. The van der Waals surface area contributed by atoms with Gasteiger partial charge in [-0.05, 0) is 37.0 Å². The van der Waals surface area contributed by atoms with Crippen LogP contribution in [-0.4, -0.2) is 20.1 Å². The maximum Gasteiger partial charge on any atom is 0.112 e. The Labute approximate surface area is 114 Å². The lowest BCUT2D eigenvalue weighted by Crippen LogP contribution is -1.96. The Hall–Kier alpha value is -1.68. The normalized spacial score (nSPS) is 12.6. The van der Waals surface area contributed by atoms with Gasteiger partial charge in [0.2, 0.25) is 0 Å². The Morgan fingerprint density at radius 3 is 2.58 bits per heavy atom. The number of benzene rings is 1. The number of aliphatic hydroxyl groups excluding tert-OH is 1. The van der Waals surface area contributed by atoms with Gasteiger partial charge in [-0.25, -0.2) is 4.68 Å². The summed E-state index contributed by atoms with van der Waals surface area (Å²) < 4.78 is 1.71.